The molecular weight excluding hydrogens is 320 g/mol. The molecule has 0 spiro atoms. The second kappa shape index (κ2) is 4.73. The van der Waals surface area contributed by atoms with E-state index in [1.807, 2.05) is 12.2 Å². The van der Waals surface area contributed by atoms with Gasteiger partial charge in [-0.2, -0.15) is 0 Å². The van der Waals surface area contributed by atoms with Crippen molar-refractivity contribution in [3.05, 3.63) is 24.4 Å². The molecule has 2 nitrogen and oxygen atoms in total. The average molecular weight is 336 g/mol. The molecule has 0 bridgehead atoms. The van der Waals surface area contributed by atoms with Crippen molar-refractivity contribution in [1.82, 2.24) is 5.32 Å². The van der Waals surface area contributed by atoms with Crippen molar-refractivity contribution in [3.63, 3.8) is 0 Å². The monoisotopic (exact) mass is 336 g/mol. The van der Waals surface area contributed by atoms with Crippen LogP contribution in [0.4, 0.5) is 0 Å². The molecule has 3 heteroatoms. The van der Waals surface area contributed by atoms with E-state index < -0.39 is 0 Å². The number of hydrogen-bond acceptors (Lipinski definition) is 2. The van der Waals surface area contributed by atoms with Crippen LogP contribution in [-0.2, 0) is 19.4 Å². The summed E-state index contributed by atoms with van der Waals surface area (Å²) < 4.78 is 0.867. The molecule has 0 aliphatic rings. The summed E-state index contributed by atoms with van der Waals surface area (Å²) in [6.45, 7) is 10.1. The van der Waals surface area contributed by atoms with Crippen molar-refractivity contribution in [2.45, 2.75) is 26.3 Å². The van der Waals surface area contributed by atoms with Gasteiger partial charge in [0.1, 0.15) is 0 Å². The van der Waals surface area contributed by atoms with Crippen LogP contribution in [0.3, 0.4) is 0 Å². The molecule has 0 atom stereocenters. The van der Waals surface area contributed by atoms with Gasteiger partial charge in [0.05, 0.1) is 0 Å². The summed E-state index contributed by atoms with van der Waals surface area (Å²) in [6, 6.07) is 0. The Labute approximate surface area is 85.3 Å². The topological polar surface area (TPSA) is 38.0 Å². The van der Waals surface area contributed by atoms with Crippen LogP contribution in [0.25, 0.3) is 0 Å². The predicted octanol–water partition coefficient (Wildman–Crippen LogP) is 1.08. The fourth-order valence-corrected chi connectivity index (χ4v) is 0.951. The maximum atomic E-state index is 5.50. The van der Waals surface area contributed by atoms with E-state index in [-0.39, 0.29) is 5.54 Å². The second-order valence-corrected chi connectivity index (χ2v) is 5.33. The van der Waals surface area contributed by atoms with Crippen molar-refractivity contribution < 1.29 is 19.4 Å². The van der Waals surface area contributed by atoms with Crippen molar-refractivity contribution in [3.8, 4) is 0 Å². The van der Waals surface area contributed by atoms with Gasteiger partial charge in [0.15, 0.2) is 0 Å². The first-order chi connectivity index (χ1) is 5.31. The van der Waals surface area contributed by atoms with Gasteiger partial charge in [-0.3, -0.25) is 0 Å². The van der Waals surface area contributed by atoms with E-state index in [0.29, 0.717) is 0 Å². The number of nitrogens with one attached hydrogen (secondary N) is 1. The van der Waals surface area contributed by atoms with Gasteiger partial charge in [0.2, 0.25) is 0 Å². The summed E-state index contributed by atoms with van der Waals surface area (Å²) >= 11 is 1.28. The molecule has 0 rings (SSSR count). The first kappa shape index (κ1) is 11.8. The van der Waals surface area contributed by atoms with Gasteiger partial charge < -0.3 is 0 Å². The molecule has 0 aromatic rings. The quantitative estimate of drug-likeness (QED) is 0.757. The Balaban J connectivity index is 3.99. The van der Waals surface area contributed by atoms with Gasteiger partial charge in [-0.15, -0.1) is 0 Å². The zero-order chi connectivity index (χ0) is 9.78. The summed E-state index contributed by atoms with van der Waals surface area (Å²) in [5.41, 5.74) is 6.46. The number of hydrogen-bond donors (Lipinski definition) is 2. The van der Waals surface area contributed by atoms with E-state index in [1.54, 1.807) is 0 Å². The van der Waals surface area contributed by atoms with Gasteiger partial charge in [-0.1, -0.05) is 0 Å². The molecule has 12 heavy (non-hydrogen) atoms. The zero-order valence-electron chi connectivity index (χ0n) is 7.85. The second-order valence-electron chi connectivity index (χ2n) is 3.64. The van der Waals surface area contributed by atoms with Gasteiger partial charge in [-0.05, 0) is 0 Å². The third-order valence-electron chi connectivity index (χ3n) is 0.984. The number of nitrogens with two attached hydrogens (primary N) is 1. The third-order valence-corrected chi connectivity index (χ3v) is 1.47. The third kappa shape index (κ3) is 7.90. The fourth-order valence-electron chi connectivity index (χ4n) is 0.706. The van der Waals surface area contributed by atoms with E-state index in [9.17, 15) is 0 Å². The molecule has 0 unspecified atom stereocenters. The SMILES string of the molecule is C=C(C=C[C](N)=[W])NC(C)(C)C. The van der Waals surface area contributed by atoms with Gasteiger partial charge >= 0.3 is 85.2 Å². The summed E-state index contributed by atoms with van der Waals surface area (Å²) in [7, 11) is 0. The molecular formula is C9H16N2W. The summed E-state index contributed by atoms with van der Waals surface area (Å²) in [5, 5.41) is 3.23. The van der Waals surface area contributed by atoms with E-state index in [0.717, 1.165) is 9.72 Å². The first-order valence-electron chi connectivity index (χ1n) is 3.76. The minimum atomic E-state index is 0.0663. The molecule has 0 aliphatic heterocycles. The van der Waals surface area contributed by atoms with Crippen LogP contribution in [0, 0.1) is 0 Å². The van der Waals surface area contributed by atoms with Crippen LogP contribution in [0.1, 0.15) is 20.8 Å². The average Bonchev–Trinajstić information content (AvgIpc) is 1.79. The van der Waals surface area contributed by atoms with Crippen molar-refractivity contribution >= 4 is 4.02 Å². The van der Waals surface area contributed by atoms with Crippen molar-refractivity contribution in [2.24, 2.45) is 5.73 Å². The molecule has 0 amide bonds. The molecule has 0 aromatic heterocycles. The Morgan fingerprint density at radius 3 is 2.25 bits per heavy atom. The van der Waals surface area contributed by atoms with E-state index in [2.05, 4.69) is 32.7 Å². The Morgan fingerprint density at radius 2 is 1.92 bits per heavy atom. The fraction of sp³-hybridized carbons (Fsp3) is 0.444. The van der Waals surface area contributed by atoms with E-state index in [1.165, 1.54) is 19.4 Å². The molecule has 3 N–H and O–H groups in total. The van der Waals surface area contributed by atoms with Gasteiger partial charge in [-0.25, -0.2) is 0 Å². The molecule has 0 saturated heterocycles. The summed E-state index contributed by atoms with van der Waals surface area (Å²) in [4.78, 5) is 0. The van der Waals surface area contributed by atoms with Crippen LogP contribution in [0.2, 0.25) is 0 Å². The van der Waals surface area contributed by atoms with Crippen LogP contribution in [0.5, 0.6) is 0 Å². The minimum absolute atomic E-state index is 0.0663. The number of allylic oxidation sites excluding steroid dienone is 1. The maximum absolute atomic E-state index is 5.50. The molecule has 0 saturated carbocycles. The van der Waals surface area contributed by atoms with Crippen molar-refractivity contribution in [1.29, 1.82) is 0 Å². The van der Waals surface area contributed by atoms with Gasteiger partial charge in [0.25, 0.3) is 0 Å². The Morgan fingerprint density at radius 1 is 1.42 bits per heavy atom. The summed E-state index contributed by atoms with van der Waals surface area (Å²) in [6.07, 6.45) is 3.77. The first-order valence-corrected chi connectivity index (χ1v) is 5.22. The van der Waals surface area contributed by atoms with Crippen LogP contribution in [-0.4, -0.2) is 9.56 Å². The molecule has 0 fully saturated rings. The van der Waals surface area contributed by atoms with Crippen LogP contribution >= 0.6 is 0 Å². The van der Waals surface area contributed by atoms with Crippen molar-refractivity contribution in [2.75, 3.05) is 0 Å². The van der Waals surface area contributed by atoms with E-state index in [4.69, 9.17) is 5.73 Å². The standard InChI is InChI=1S/C9H16N2.W/c1-8(6-5-7-10)11-9(2,3)4;/h5-6,11H,1,10H2,2-4H3;. The summed E-state index contributed by atoms with van der Waals surface area (Å²) in [5.74, 6) is 0. The molecule has 68 valence electrons. The van der Waals surface area contributed by atoms with Gasteiger partial charge in [0, 0.05) is 0 Å². The number of rotatable bonds is 3. The zero-order valence-corrected chi connectivity index (χ0v) is 10.8. The van der Waals surface area contributed by atoms with Crippen LogP contribution in [0.15, 0.2) is 24.4 Å². The normalized spacial score (nSPS) is 11.7. The van der Waals surface area contributed by atoms with E-state index >= 15 is 0 Å². The Bertz CT molecular complexity index is 211. The Hall–Kier alpha value is -0.202. The molecule has 0 heterocycles. The molecule has 0 aromatic carbocycles. The van der Waals surface area contributed by atoms with Crippen LogP contribution < -0.4 is 11.1 Å². The Kier molecular flexibility index (Phi) is 4.65. The molecule has 0 aliphatic carbocycles. The molecule has 0 radical (unpaired) electrons. The predicted molar refractivity (Wildman–Crippen MR) is 50.4 cm³/mol.